The van der Waals surface area contributed by atoms with Gasteiger partial charge in [0.05, 0.1) is 6.07 Å². The molecule has 0 bridgehead atoms. The Hall–Kier alpha value is 0.130. The lowest BCUT2D eigenvalue weighted by atomic mass is 10.4. The molecule has 6 heteroatoms. The van der Waals surface area contributed by atoms with Gasteiger partial charge in [-0.15, -0.1) is 0 Å². The predicted octanol–water partition coefficient (Wildman–Crippen LogP) is 0.643. The minimum Gasteiger partial charge on any atom is -0.213 e. The highest BCUT2D eigenvalue weighted by atomic mass is 127. The number of nitriles is 1. The Morgan fingerprint density at radius 3 is 2.58 bits per heavy atom. The molecule has 1 N–H and O–H groups in total. The minimum atomic E-state index is -3.40. The van der Waals surface area contributed by atoms with E-state index in [1.807, 2.05) is 0 Å². The van der Waals surface area contributed by atoms with Crippen LogP contribution in [0, 0.1) is 11.3 Å². The number of nitrogens with zero attached hydrogens (tertiary/aromatic N) is 1. The van der Waals surface area contributed by atoms with E-state index >= 15 is 0 Å². The van der Waals surface area contributed by atoms with Crippen molar-refractivity contribution in [2.24, 2.45) is 0 Å². The van der Waals surface area contributed by atoms with Gasteiger partial charge in [-0.05, 0) is 6.42 Å². The van der Waals surface area contributed by atoms with Gasteiger partial charge < -0.3 is 0 Å². The quantitative estimate of drug-likeness (QED) is 0.598. The highest BCUT2D eigenvalue weighted by molar-refractivity contribution is 14.1. The SMILES string of the molecule is CCC(C#N)S(=O)(=O)NCCI. The van der Waals surface area contributed by atoms with E-state index in [9.17, 15) is 8.42 Å². The molecular weight excluding hydrogens is 291 g/mol. The third-order valence-electron chi connectivity index (χ3n) is 1.29. The molecule has 0 aliphatic carbocycles. The molecule has 4 nitrogen and oxygen atoms in total. The summed E-state index contributed by atoms with van der Waals surface area (Å²) in [5.41, 5.74) is 0. The molecule has 0 heterocycles. The second-order valence-electron chi connectivity index (χ2n) is 2.15. The van der Waals surface area contributed by atoms with Crippen LogP contribution in [0.3, 0.4) is 0 Å². The summed E-state index contributed by atoms with van der Waals surface area (Å²) in [6.45, 7) is 2.07. The molecule has 70 valence electrons. The summed E-state index contributed by atoms with van der Waals surface area (Å²) in [5.74, 6) is 0. The van der Waals surface area contributed by atoms with Crippen molar-refractivity contribution >= 4 is 32.6 Å². The highest BCUT2D eigenvalue weighted by Crippen LogP contribution is 2.01. The fourth-order valence-corrected chi connectivity index (χ4v) is 2.46. The average molecular weight is 302 g/mol. The summed E-state index contributed by atoms with van der Waals surface area (Å²) in [6, 6.07) is 1.75. The van der Waals surface area contributed by atoms with Crippen LogP contribution in [-0.4, -0.2) is 24.6 Å². The summed E-state index contributed by atoms with van der Waals surface area (Å²) in [4.78, 5) is 0. The molecular formula is C6H11IN2O2S. The molecule has 1 atom stereocenters. The molecule has 0 aliphatic rings. The predicted molar refractivity (Wildman–Crippen MR) is 55.5 cm³/mol. The Kier molecular flexibility index (Phi) is 5.78. The van der Waals surface area contributed by atoms with E-state index in [1.54, 1.807) is 13.0 Å². The van der Waals surface area contributed by atoms with E-state index in [1.165, 1.54) is 0 Å². The second-order valence-corrected chi connectivity index (χ2v) is 5.18. The molecule has 0 aromatic heterocycles. The van der Waals surface area contributed by atoms with Crippen molar-refractivity contribution < 1.29 is 8.42 Å². The van der Waals surface area contributed by atoms with Crippen molar-refractivity contribution in [1.82, 2.24) is 4.72 Å². The van der Waals surface area contributed by atoms with Crippen LogP contribution in [0.2, 0.25) is 0 Å². The average Bonchev–Trinajstić information content (AvgIpc) is 2.03. The molecule has 0 radical (unpaired) electrons. The fourth-order valence-electron chi connectivity index (χ4n) is 0.662. The summed E-state index contributed by atoms with van der Waals surface area (Å²) in [5, 5.41) is 7.57. The van der Waals surface area contributed by atoms with Gasteiger partial charge in [-0.1, -0.05) is 29.5 Å². The first-order valence-electron chi connectivity index (χ1n) is 3.52. The Morgan fingerprint density at radius 2 is 2.25 bits per heavy atom. The third kappa shape index (κ3) is 3.69. The molecule has 0 aliphatic heterocycles. The number of hydrogen-bond donors (Lipinski definition) is 1. The van der Waals surface area contributed by atoms with Crippen LogP contribution >= 0.6 is 22.6 Å². The number of halogens is 1. The number of rotatable bonds is 5. The molecule has 0 saturated heterocycles. The zero-order valence-corrected chi connectivity index (χ0v) is 9.72. The van der Waals surface area contributed by atoms with Crippen LogP contribution in [0.4, 0.5) is 0 Å². The largest absolute Gasteiger partial charge is 0.227 e. The fraction of sp³-hybridized carbons (Fsp3) is 0.833. The van der Waals surface area contributed by atoms with E-state index in [4.69, 9.17) is 5.26 Å². The van der Waals surface area contributed by atoms with Crippen molar-refractivity contribution in [2.75, 3.05) is 11.0 Å². The number of alkyl halides is 1. The number of nitrogens with one attached hydrogen (secondary N) is 1. The van der Waals surface area contributed by atoms with E-state index in [0.717, 1.165) is 0 Å². The van der Waals surface area contributed by atoms with Crippen LogP contribution in [0.5, 0.6) is 0 Å². The third-order valence-corrected chi connectivity index (χ3v) is 3.62. The van der Waals surface area contributed by atoms with Crippen molar-refractivity contribution in [3.05, 3.63) is 0 Å². The molecule has 0 aromatic carbocycles. The lowest BCUT2D eigenvalue weighted by molar-refractivity contribution is 0.575. The summed E-state index contributed by atoms with van der Waals surface area (Å²) < 4.78 is 25.5. The first kappa shape index (κ1) is 12.1. The highest BCUT2D eigenvalue weighted by Gasteiger charge is 2.21. The van der Waals surface area contributed by atoms with Crippen LogP contribution in [0.25, 0.3) is 0 Å². The van der Waals surface area contributed by atoms with Crippen molar-refractivity contribution in [2.45, 2.75) is 18.6 Å². The van der Waals surface area contributed by atoms with Gasteiger partial charge in [0, 0.05) is 11.0 Å². The van der Waals surface area contributed by atoms with Gasteiger partial charge in [-0.2, -0.15) is 5.26 Å². The molecule has 0 amide bonds. The van der Waals surface area contributed by atoms with E-state index < -0.39 is 15.3 Å². The zero-order valence-electron chi connectivity index (χ0n) is 6.75. The summed E-state index contributed by atoms with van der Waals surface area (Å²) >= 11 is 2.07. The Labute approximate surface area is 86.5 Å². The summed E-state index contributed by atoms with van der Waals surface area (Å²) in [6.07, 6.45) is 0.326. The second kappa shape index (κ2) is 5.72. The molecule has 12 heavy (non-hydrogen) atoms. The molecule has 0 rings (SSSR count). The summed E-state index contributed by atoms with van der Waals surface area (Å²) in [7, 11) is -3.40. The van der Waals surface area contributed by atoms with Gasteiger partial charge in [0.25, 0.3) is 0 Å². The van der Waals surface area contributed by atoms with Crippen molar-refractivity contribution in [3.63, 3.8) is 0 Å². The van der Waals surface area contributed by atoms with Gasteiger partial charge in [-0.25, -0.2) is 13.1 Å². The van der Waals surface area contributed by atoms with Crippen molar-refractivity contribution in [1.29, 1.82) is 5.26 Å². The topological polar surface area (TPSA) is 70.0 Å². The molecule has 0 aromatic rings. The molecule has 0 saturated carbocycles. The maximum atomic E-state index is 11.2. The van der Waals surface area contributed by atoms with Gasteiger partial charge >= 0.3 is 0 Å². The molecule has 0 fully saturated rings. The van der Waals surface area contributed by atoms with Crippen LogP contribution in [0.15, 0.2) is 0 Å². The van der Waals surface area contributed by atoms with Crippen molar-refractivity contribution in [3.8, 4) is 6.07 Å². The Balaban J connectivity index is 4.30. The molecule has 1 unspecified atom stereocenters. The molecule has 0 spiro atoms. The number of sulfonamides is 1. The van der Waals surface area contributed by atoms with Gasteiger partial charge in [0.15, 0.2) is 5.25 Å². The maximum Gasteiger partial charge on any atom is 0.227 e. The van der Waals surface area contributed by atoms with Gasteiger partial charge in [-0.3, -0.25) is 0 Å². The lowest BCUT2D eigenvalue weighted by Gasteiger charge is -2.07. The van der Waals surface area contributed by atoms with Gasteiger partial charge in [0.1, 0.15) is 0 Å². The smallest absolute Gasteiger partial charge is 0.213 e. The van der Waals surface area contributed by atoms with E-state index in [2.05, 4.69) is 27.3 Å². The van der Waals surface area contributed by atoms with Crippen LogP contribution < -0.4 is 4.72 Å². The minimum absolute atomic E-state index is 0.326. The van der Waals surface area contributed by atoms with Crippen LogP contribution in [0.1, 0.15) is 13.3 Å². The first-order valence-corrected chi connectivity index (χ1v) is 6.59. The lowest BCUT2D eigenvalue weighted by Crippen LogP contribution is -2.34. The monoisotopic (exact) mass is 302 g/mol. The standard InChI is InChI=1S/C6H11IN2O2S/c1-2-6(5-8)12(10,11)9-4-3-7/h6,9H,2-4H2,1H3. The van der Waals surface area contributed by atoms with Crippen LogP contribution in [-0.2, 0) is 10.0 Å². The van der Waals surface area contributed by atoms with E-state index in [-0.39, 0.29) is 0 Å². The Morgan fingerprint density at radius 1 is 1.67 bits per heavy atom. The number of hydrogen-bond acceptors (Lipinski definition) is 3. The maximum absolute atomic E-state index is 11.2. The van der Waals surface area contributed by atoms with Gasteiger partial charge in [0.2, 0.25) is 10.0 Å². The van der Waals surface area contributed by atoms with E-state index in [0.29, 0.717) is 17.4 Å². The first-order chi connectivity index (χ1) is 5.58. The normalized spacial score (nSPS) is 13.8. The Bertz CT molecular complexity index is 257. The zero-order chi connectivity index (χ0) is 9.61.